The van der Waals surface area contributed by atoms with Crippen molar-refractivity contribution in [2.24, 2.45) is 11.8 Å². The Kier molecular flexibility index (Phi) is 5.45. The summed E-state index contributed by atoms with van der Waals surface area (Å²) in [7, 11) is 0. The fourth-order valence-corrected chi connectivity index (χ4v) is 4.32. The molecule has 2 saturated carbocycles. The maximum absolute atomic E-state index is 12.4. The SMILES string of the molecule is O=C(CC1CCCCC1)NCC1CC(NC(=O)c2cnc3[nH]c(=O)[nH]c3c2)C1. The molecule has 0 spiro atoms. The Labute approximate surface area is 162 Å². The van der Waals surface area contributed by atoms with Crippen LogP contribution in [0.15, 0.2) is 17.1 Å². The molecule has 2 aliphatic carbocycles. The van der Waals surface area contributed by atoms with Crippen molar-refractivity contribution in [3.8, 4) is 0 Å². The maximum atomic E-state index is 12.4. The minimum absolute atomic E-state index is 0.119. The number of carbonyl (C=O) groups is 2. The van der Waals surface area contributed by atoms with Gasteiger partial charge in [0.15, 0.2) is 5.65 Å². The lowest BCUT2D eigenvalue weighted by atomic mass is 9.80. The second-order valence-corrected chi connectivity index (χ2v) is 8.22. The van der Waals surface area contributed by atoms with Crippen LogP contribution >= 0.6 is 0 Å². The molecule has 2 fully saturated rings. The topological polar surface area (TPSA) is 120 Å². The van der Waals surface area contributed by atoms with Gasteiger partial charge >= 0.3 is 5.69 Å². The first kappa shape index (κ1) is 18.7. The minimum atomic E-state index is -0.340. The zero-order valence-corrected chi connectivity index (χ0v) is 15.9. The summed E-state index contributed by atoms with van der Waals surface area (Å²) in [5.41, 5.74) is 1.04. The van der Waals surface area contributed by atoms with Crippen LogP contribution in [0.2, 0.25) is 0 Å². The zero-order valence-electron chi connectivity index (χ0n) is 15.9. The largest absolute Gasteiger partial charge is 0.356 e. The standard InChI is InChI=1S/C20H27N5O3/c26-17(8-12-4-2-1-3-5-12)21-10-13-6-15(7-13)23-19(27)14-9-16-18(22-11-14)25-20(28)24-16/h9,11-13,15H,1-8,10H2,(H,21,26)(H,23,27)(H2,22,24,25,28). The molecule has 0 aliphatic heterocycles. The number of hydrogen-bond acceptors (Lipinski definition) is 4. The van der Waals surface area contributed by atoms with Crippen LogP contribution in [0.25, 0.3) is 11.2 Å². The van der Waals surface area contributed by atoms with E-state index in [1.165, 1.54) is 38.3 Å². The average Bonchev–Trinajstić information content (AvgIpc) is 3.03. The Morgan fingerprint density at radius 2 is 1.89 bits per heavy atom. The van der Waals surface area contributed by atoms with E-state index in [4.69, 9.17) is 0 Å². The van der Waals surface area contributed by atoms with E-state index in [-0.39, 0.29) is 23.5 Å². The van der Waals surface area contributed by atoms with Gasteiger partial charge < -0.3 is 15.6 Å². The lowest BCUT2D eigenvalue weighted by molar-refractivity contribution is -0.122. The maximum Gasteiger partial charge on any atom is 0.325 e. The highest BCUT2D eigenvalue weighted by atomic mass is 16.2. The van der Waals surface area contributed by atoms with Gasteiger partial charge in [-0.05, 0) is 43.6 Å². The summed E-state index contributed by atoms with van der Waals surface area (Å²) < 4.78 is 0. The van der Waals surface area contributed by atoms with Crippen LogP contribution in [-0.4, -0.2) is 39.4 Å². The van der Waals surface area contributed by atoms with Crippen LogP contribution in [-0.2, 0) is 4.79 Å². The Balaban J connectivity index is 1.18. The summed E-state index contributed by atoms with van der Waals surface area (Å²) in [6, 6.07) is 1.74. The molecule has 2 amide bonds. The van der Waals surface area contributed by atoms with Crippen molar-refractivity contribution in [1.29, 1.82) is 0 Å². The average molecular weight is 385 g/mol. The lowest BCUT2D eigenvalue weighted by Crippen LogP contribution is -2.47. The highest BCUT2D eigenvalue weighted by Gasteiger charge is 2.31. The van der Waals surface area contributed by atoms with Crippen LogP contribution in [0.5, 0.6) is 0 Å². The smallest absolute Gasteiger partial charge is 0.325 e. The number of pyridine rings is 1. The van der Waals surface area contributed by atoms with Gasteiger partial charge in [-0.15, -0.1) is 0 Å². The fourth-order valence-electron chi connectivity index (χ4n) is 4.32. The molecular formula is C20H27N5O3. The van der Waals surface area contributed by atoms with E-state index in [1.54, 1.807) is 6.07 Å². The number of fused-ring (bicyclic) bond motifs is 1. The quantitative estimate of drug-likeness (QED) is 0.606. The Morgan fingerprint density at radius 1 is 1.11 bits per heavy atom. The molecule has 0 aromatic carbocycles. The molecule has 0 bridgehead atoms. The summed E-state index contributed by atoms with van der Waals surface area (Å²) in [4.78, 5) is 45.0. The van der Waals surface area contributed by atoms with Gasteiger partial charge in [0, 0.05) is 25.2 Å². The fraction of sp³-hybridized carbons (Fsp3) is 0.600. The third kappa shape index (κ3) is 4.43. The van der Waals surface area contributed by atoms with Gasteiger partial charge in [-0.1, -0.05) is 19.3 Å². The molecular weight excluding hydrogens is 358 g/mol. The van der Waals surface area contributed by atoms with Gasteiger partial charge in [0.1, 0.15) is 0 Å². The number of H-pyrrole nitrogens is 2. The number of hydrogen-bond donors (Lipinski definition) is 4. The summed E-state index contributed by atoms with van der Waals surface area (Å²) in [5, 5.41) is 6.05. The first-order valence-electron chi connectivity index (χ1n) is 10.2. The van der Waals surface area contributed by atoms with Gasteiger partial charge in [-0.2, -0.15) is 0 Å². The van der Waals surface area contributed by atoms with E-state index in [0.717, 1.165) is 12.8 Å². The molecule has 8 heteroatoms. The predicted molar refractivity (Wildman–Crippen MR) is 105 cm³/mol. The van der Waals surface area contributed by atoms with Crippen molar-refractivity contribution < 1.29 is 9.59 Å². The highest BCUT2D eigenvalue weighted by molar-refractivity contribution is 5.96. The molecule has 2 heterocycles. The molecule has 8 nitrogen and oxygen atoms in total. The minimum Gasteiger partial charge on any atom is -0.356 e. The third-order valence-electron chi connectivity index (χ3n) is 5.99. The Morgan fingerprint density at radius 3 is 2.68 bits per heavy atom. The molecule has 150 valence electrons. The van der Waals surface area contributed by atoms with E-state index in [9.17, 15) is 14.4 Å². The normalized spacial score (nSPS) is 22.6. The van der Waals surface area contributed by atoms with Gasteiger partial charge in [0.25, 0.3) is 5.91 Å². The molecule has 0 saturated heterocycles. The molecule has 0 atom stereocenters. The first-order valence-corrected chi connectivity index (χ1v) is 10.2. The van der Waals surface area contributed by atoms with Crippen molar-refractivity contribution in [3.05, 3.63) is 28.3 Å². The number of aromatic nitrogens is 3. The van der Waals surface area contributed by atoms with E-state index in [2.05, 4.69) is 25.6 Å². The number of nitrogens with one attached hydrogen (secondary N) is 4. The number of aromatic amines is 2. The molecule has 28 heavy (non-hydrogen) atoms. The Bertz CT molecular complexity index is 906. The van der Waals surface area contributed by atoms with Crippen LogP contribution < -0.4 is 16.3 Å². The third-order valence-corrected chi connectivity index (χ3v) is 5.99. The lowest BCUT2D eigenvalue weighted by Gasteiger charge is -2.36. The van der Waals surface area contributed by atoms with Crippen LogP contribution in [0.1, 0.15) is 61.7 Å². The van der Waals surface area contributed by atoms with Crippen molar-refractivity contribution in [1.82, 2.24) is 25.6 Å². The van der Waals surface area contributed by atoms with Gasteiger partial charge in [0.05, 0.1) is 11.1 Å². The van der Waals surface area contributed by atoms with Crippen LogP contribution in [0.4, 0.5) is 0 Å². The number of amides is 2. The van der Waals surface area contributed by atoms with Crippen molar-refractivity contribution in [3.63, 3.8) is 0 Å². The number of imidazole rings is 1. The van der Waals surface area contributed by atoms with Crippen molar-refractivity contribution >= 4 is 23.0 Å². The first-order chi connectivity index (χ1) is 13.6. The monoisotopic (exact) mass is 385 g/mol. The molecule has 0 unspecified atom stereocenters. The van der Waals surface area contributed by atoms with E-state index >= 15 is 0 Å². The van der Waals surface area contributed by atoms with Crippen molar-refractivity contribution in [2.75, 3.05) is 6.54 Å². The summed E-state index contributed by atoms with van der Waals surface area (Å²) in [5.74, 6) is 0.950. The molecule has 2 aromatic heterocycles. The second-order valence-electron chi connectivity index (χ2n) is 8.22. The summed E-state index contributed by atoms with van der Waals surface area (Å²) in [6.07, 6.45) is 10.0. The van der Waals surface area contributed by atoms with Gasteiger partial charge in [-0.3, -0.25) is 14.6 Å². The molecule has 2 aliphatic rings. The number of nitrogens with zero attached hydrogens (tertiary/aromatic N) is 1. The molecule has 2 aromatic rings. The molecule has 4 rings (SSSR count). The summed E-state index contributed by atoms with van der Waals surface area (Å²) >= 11 is 0. The van der Waals surface area contributed by atoms with Crippen LogP contribution in [0.3, 0.4) is 0 Å². The van der Waals surface area contributed by atoms with Crippen molar-refractivity contribution in [2.45, 2.75) is 57.4 Å². The van der Waals surface area contributed by atoms with E-state index < -0.39 is 0 Å². The summed E-state index contributed by atoms with van der Waals surface area (Å²) in [6.45, 7) is 0.691. The van der Waals surface area contributed by atoms with Gasteiger partial charge in [-0.25, -0.2) is 9.78 Å². The predicted octanol–water partition coefficient (Wildman–Crippen LogP) is 1.85. The number of rotatable bonds is 6. The Hall–Kier alpha value is -2.64. The highest BCUT2D eigenvalue weighted by Crippen LogP contribution is 2.28. The second kappa shape index (κ2) is 8.16. The van der Waals surface area contributed by atoms with E-state index in [0.29, 0.717) is 41.5 Å². The molecule has 4 N–H and O–H groups in total. The van der Waals surface area contributed by atoms with Gasteiger partial charge in [0.2, 0.25) is 5.91 Å². The zero-order chi connectivity index (χ0) is 19.5. The van der Waals surface area contributed by atoms with Crippen LogP contribution in [0, 0.1) is 11.8 Å². The van der Waals surface area contributed by atoms with E-state index in [1.807, 2.05) is 0 Å². The number of carbonyl (C=O) groups excluding carboxylic acids is 2. The molecule has 0 radical (unpaired) electrons.